The van der Waals surface area contributed by atoms with Crippen molar-refractivity contribution in [3.63, 3.8) is 0 Å². The van der Waals surface area contributed by atoms with Gasteiger partial charge in [-0.3, -0.25) is 4.79 Å². The number of amides is 1. The fraction of sp³-hybridized carbons (Fsp3) is 0.533. The Morgan fingerprint density at radius 3 is 2.71 bits per heavy atom. The molecule has 0 aromatic heterocycles. The van der Waals surface area contributed by atoms with Gasteiger partial charge >= 0.3 is 0 Å². The zero-order valence-corrected chi connectivity index (χ0v) is 12.2. The van der Waals surface area contributed by atoms with Crippen LogP contribution in [0.25, 0.3) is 0 Å². The first-order valence-corrected chi connectivity index (χ1v) is 7.22. The van der Waals surface area contributed by atoms with Crippen LogP contribution in [0.1, 0.15) is 19.3 Å². The monoisotopic (exact) mass is 297 g/mol. The van der Waals surface area contributed by atoms with E-state index in [9.17, 15) is 13.6 Å². The molecule has 4 nitrogen and oxygen atoms in total. The first-order valence-electron chi connectivity index (χ1n) is 7.22. The molecule has 1 heterocycles. The highest BCUT2D eigenvalue weighted by Crippen LogP contribution is 2.14. The van der Waals surface area contributed by atoms with E-state index < -0.39 is 11.6 Å². The lowest BCUT2D eigenvalue weighted by atomic mass is 10.1. The van der Waals surface area contributed by atoms with Crippen molar-refractivity contribution >= 4 is 11.6 Å². The molecular formula is C15H21F2N3O. The van der Waals surface area contributed by atoms with Gasteiger partial charge in [-0.15, -0.1) is 0 Å². The minimum atomic E-state index is -0.696. The highest BCUT2D eigenvalue weighted by Gasteiger charge is 2.18. The number of hydrogen-bond donors (Lipinski definition) is 2. The summed E-state index contributed by atoms with van der Waals surface area (Å²) in [6, 6.07) is 3.47. The fourth-order valence-electron chi connectivity index (χ4n) is 2.60. The Bertz CT molecular complexity index is 476. The second-order valence-electron chi connectivity index (χ2n) is 5.38. The van der Waals surface area contributed by atoms with Gasteiger partial charge in [0.05, 0.1) is 0 Å². The summed E-state index contributed by atoms with van der Waals surface area (Å²) in [5.74, 6) is -1.62. The average molecular weight is 297 g/mol. The van der Waals surface area contributed by atoms with Gasteiger partial charge in [0.1, 0.15) is 11.6 Å². The molecule has 0 aliphatic carbocycles. The lowest BCUT2D eigenvalue weighted by Gasteiger charge is -2.32. The number of rotatable bonds is 5. The molecule has 0 radical (unpaired) electrons. The second kappa shape index (κ2) is 7.47. The van der Waals surface area contributed by atoms with Crippen molar-refractivity contribution in [2.75, 3.05) is 32.0 Å². The third kappa shape index (κ3) is 5.06. The van der Waals surface area contributed by atoms with Gasteiger partial charge in [0.25, 0.3) is 0 Å². The minimum Gasteiger partial charge on any atom is -0.326 e. The number of benzene rings is 1. The Hall–Kier alpha value is -1.53. The van der Waals surface area contributed by atoms with E-state index in [0.717, 1.165) is 44.1 Å². The van der Waals surface area contributed by atoms with Gasteiger partial charge in [0.2, 0.25) is 5.91 Å². The fourth-order valence-corrected chi connectivity index (χ4v) is 2.60. The van der Waals surface area contributed by atoms with Crippen LogP contribution in [-0.4, -0.2) is 43.5 Å². The molecule has 0 bridgehead atoms. The summed E-state index contributed by atoms with van der Waals surface area (Å²) in [6.45, 7) is 2.57. The normalized spacial score (nSPS) is 19.5. The first kappa shape index (κ1) is 15.9. The third-order valence-corrected chi connectivity index (χ3v) is 3.72. The van der Waals surface area contributed by atoms with Crippen LogP contribution in [0.2, 0.25) is 0 Å². The second-order valence-corrected chi connectivity index (χ2v) is 5.38. The molecule has 2 rings (SSSR count). The SMILES string of the molecule is CNC1CCCN(CCC(=O)Nc2cc(F)cc(F)c2)C1. The Kier molecular flexibility index (Phi) is 5.64. The molecule has 1 aromatic carbocycles. The molecule has 1 aromatic rings. The summed E-state index contributed by atoms with van der Waals surface area (Å²) in [5, 5.41) is 5.78. The number of carbonyl (C=O) groups is 1. The zero-order chi connectivity index (χ0) is 15.2. The molecular weight excluding hydrogens is 276 g/mol. The van der Waals surface area contributed by atoms with Crippen molar-refractivity contribution < 1.29 is 13.6 Å². The third-order valence-electron chi connectivity index (χ3n) is 3.72. The number of piperidine rings is 1. The number of nitrogens with one attached hydrogen (secondary N) is 2. The van der Waals surface area contributed by atoms with Crippen LogP contribution >= 0.6 is 0 Å². The van der Waals surface area contributed by atoms with E-state index in [1.165, 1.54) is 0 Å². The van der Waals surface area contributed by atoms with Crippen LogP contribution in [0.4, 0.5) is 14.5 Å². The van der Waals surface area contributed by atoms with Crippen LogP contribution in [0.5, 0.6) is 0 Å². The summed E-state index contributed by atoms with van der Waals surface area (Å²) < 4.78 is 26.1. The van der Waals surface area contributed by atoms with Crippen molar-refractivity contribution in [1.82, 2.24) is 10.2 Å². The molecule has 1 aliphatic rings. The maximum absolute atomic E-state index is 13.0. The smallest absolute Gasteiger partial charge is 0.225 e. The van der Waals surface area contributed by atoms with Crippen LogP contribution in [0.15, 0.2) is 18.2 Å². The molecule has 1 atom stereocenters. The van der Waals surface area contributed by atoms with Crippen molar-refractivity contribution in [3.8, 4) is 0 Å². The Morgan fingerprint density at radius 1 is 1.33 bits per heavy atom. The van der Waals surface area contributed by atoms with Gasteiger partial charge in [0, 0.05) is 37.3 Å². The van der Waals surface area contributed by atoms with E-state index in [0.29, 0.717) is 19.0 Å². The van der Waals surface area contributed by atoms with Gasteiger partial charge in [-0.25, -0.2) is 8.78 Å². The van der Waals surface area contributed by atoms with Gasteiger partial charge < -0.3 is 15.5 Å². The summed E-state index contributed by atoms with van der Waals surface area (Å²) in [6.07, 6.45) is 2.58. The van der Waals surface area contributed by atoms with E-state index in [4.69, 9.17) is 0 Å². The van der Waals surface area contributed by atoms with E-state index in [1.54, 1.807) is 0 Å². The van der Waals surface area contributed by atoms with Crippen molar-refractivity contribution in [1.29, 1.82) is 0 Å². The van der Waals surface area contributed by atoms with Crippen molar-refractivity contribution in [3.05, 3.63) is 29.8 Å². The Labute approximate surface area is 123 Å². The minimum absolute atomic E-state index is 0.157. The molecule has 116 valence electrons. The molecule has 0 saturated carbocycles. The van der Waals surface area contributed by atoms with E-state index in [1.807, 2.05) is 7.05 Å². The van der Waals surface area contributed by atoms with Gasteiger partial charge in [-0.1, -0.05) is 0 Å². The standard InChI is InChI=1S/C15H21F2N3O/c1-18-13-3-2-5-20(10-13)6-4-15(21)19-14-8-11(16)7-12(17)9-14/h7-9,13,18H,2-6,10H2,1H3,(H,19,21). The highest BCUT2D eigenvalue weighted by atomic mass is 19.1. The lowest BCUT2D eigenvalue weighted by Crippen LogP contribution is -2.45. The number of halogens is 2. The summed E-state index contributed by atoms with van der Waals surface area (Å²) >= 11 is 0. The molecule has 6 heteroatoms. The number of nitrogens with zero attached hydrogens (tertiary/aromatic N) is 1. The van der Waals surface area contributed by atoms with E-state index in [2.05, 4.69) is 15.5 Å². The number of anilines is 1. The zero-order valence-electron chi connectivity index (χ0n) is 12.2. The maximum atomic E-state index is 13.0. The molecule has 1 aliphatic heterocycles. The van der Waals surface area contributed by atoms with Crippen LogP contribution in [-0.2, 0) is 4.79 Å². The molecule has 0 spiro atoms. The largest absolute Gasteiger partial charge is 0.326 e. The van der Waals surface area contributed by atoms with Crippen LogP contribution < -0.4 is 10.6 Å². The Morgan fingerprint density at radius 2 is 2.05 bits per heavy atom. The van der Waals surface area contributed by atoms with Gasteiger partial charge in [0.15, 0.2) is 0 Å². The summed E-state index contributed by atoms with van der Waals surface area (Å²) in [7, 11) is 1.94. The number of likely N-dealkylation sites (N-methyl/N-ethyl adjacent to an activating group) is 1. The van der Waals surface area contributed by atoms with Crippen molar-refractivity contribution in [2.24, 2.45) is 0 Å². The van der Waals surface area contributed by atoms with Crippen molar-refractivity contribution in [2.45, 2.75) is 25.3 Å². The predicted octanol–water partition coefficient (Wildman–Crippen LogP) is 1.98. The molecule has 2 N–H and O–H groups in total. The highest BCUT2D eigenvalue weighted by molar-refractivity contribution is 5.90. The molecule has 1 saturated heterocycles. The topological polar surface area (TPSA) is 44.4 Å². The Balaban J connectivity index is 1.79. The summed E-state index contributed by atoms with van der Waals surface area (Å²) in [4.78, 5) is 14.1. The molecule has 1 amide bonds. The van der Waals surface area contributed by atoms with E-state index >= 15 is 0 Å². The summed E-state index contributed by atoms with van der Waals surface area (Å²) in [5.41, 5.74) is 0.157. The molecule has 1 fully saturated rings. The number of likely N-dealkylation sites (tertiary alicyclic amines) is 1. The lowest BCUT2D eigenvalue weighted by molar-refractivity contribution is -0.116. The predicted molar refractivity (Wildman–Crippen MR) is 78.1 cm³/mol. The van der Waals surface area contributed by atoms with Crippen LogP contribution in [0.3, 0.4) is 0 Å². The molecule has 1 unspecified atom stereocenters. The van der Waals surface area contributed by atoms with E-state index in [-0.39, 0.29) is 11.6 Å². The van der Waals surface area contributed by atoms with Gasteiger partial charge in [-0.2, -0.15) is 0 Å². The molecule has 21 heavy (non-hydrogen) atoms. The first-order chi connectivity index (χ1) is 10.1. The number of hydrogen-bond acceptors (Lipinski definition) is 3. The van der Waals surface area contributed by atoms with Crippen LogP contribution in [0, 0.1) is 11.6 Å². The average Bonchev–Trinajstić information content (AvgIpc) is 2.44. The maximum Gasteiger partial charge on any atom is 0.225 e. The van der Waals surface area contributed by atoms with Gasteiger partial charge in [-0.05, 0) is 38.6 Å². The number of carbonyl (C=O) groups excluding carboxylic acids is 1. The quantitative estimate of drug-likeness (QED) is 0.873.